The molecule has 2 heterocycles. The molecule has 2 aliphatic heterocycles. The van der Waals surface area contributed by atoms with Crippen LogP contribution in [0.4, 0.5) is 5.69 Å². The van der Waals surface area contributed by atoms with Crippen LogP contribution in [-0.4, -0.2) is 22.7 Å². The van der Waals surface area contributed by atoms with Crippen LogP contribution in [0.15, 0.2) is 119 Å². The summed E-state index contributed by atoms with van der Waals surface area (Å²) in [6.07, 6.45) is -0.562. The van der Waals surface area contributed by atoms with Crippen LogP contribution in [0.25, 0.3) is 0 Å². The summed E-state index contributed by atoms with van der Waals surface area (Å²) in [5, 5.41) is 0. The fourth-order valence-electron chi connectivity index (χ4n) is 5.39. The lowest BCUT2D eigenvalue weighted by Gasteiger charge is -2.42. The van der Waals surface area contributed by atoms with Crippen LogP contribution in [0.2, 0.25) is 0 Å². The minimum Gasteiger partial charge on any atom is -0.368 e. The Labute approximate surface area is 228 Å². The Balaban J connectivity index is 0.00000294. The molecular weight excluding hydrogens is 494 g/mol. The molecule has 6 rings (SSSR count). The van der Waals surface area contributed by atoms with Gasteiger partial charge in [-0.15, -0.1) is 12.4 Å². The standard InChI is InChI=1S/C31H27N5O.ClH/c1-21-17-19-25(20-18-21)35-28(37)31(23-12-5-3-6-13-23,24-14-7-4-8-15-24)36-27(33-29(32)34-30(35)36)26-16-10-9-11-22(26)2;/h3-20,27H,1-2H3,(H2,32,33);1H. The van der Waals surface area contributed by atoms with E-state index in [2.05, 4.69) is 13.0 Å². The summed E-state index contributed by atoms with van der Waals surface area (Å²) in [6.45, 7) is 4.08. The molecular formula is C31H28ClN5O. The first kappa shape index (κ1) is 25.2. The molecule has 1 fully saturated rings. The molecule has 1 atom stereocenters. The lowest BCUT2D eigenvalue weighted by atomic mass is 9.80. The molecule has 6 nitrogen and oxygen atoms in total. The van der Waals surface area contributed by atoms with Crippen molar-refractivity contribution in [2.45, 2.75) is 25.6 Å². The molecule has 0 aromatic heterocycles. The highest BCUT2D eigenvalue weighted by Crippen LogP contribution is 2.50. The number of halogens is 1. The molecule has 1 unspecified atom stereocenters. The number of rotatable bonds is 4. The Morgan fingerprint density at radius 1 is 0.763 bits per heavy atom. The summed E-state index contributed by atoms with van der Waals surface area (Å²) >= 11 is 0. The SMILES string of the molecule is Cc1ccc(N2C(=O)C(c3ccccc3)(c3ccccc3)N3C2=NC(N)=NC3c2ccccc2C)cc1.Cl. The summed E-state index contributed by atoms with van der Waals surface area (Å²) in [5.74, 6) is 0.472. The number of aryl methyl sites for hydroxylation is 2. The van der Waals surface area contributed by atoms with Crippen molar-refractivity contribution in [3.8, 4) is 0 Å². The maximum atomic E-state index is 15.0. The number of carbonyl (C=O) groups excluding carboxylic acids is 1. The lowest BCUT2D eigenvalue weighted by Crippen LogP contribution is -2.51. The van der Waals surface area contributed by atoms with Gasteiger partial charge in [-0.1, -0.05) is 103 Å². The van der Waals surface area contributed by atoms with Gasteiger partial charge in [-0.25, -0.2) is 9.89 Å². The van der Waals surface area contributed by atoms with Crippen LogP contribution in [-0.2, 0) is 10.3 Å². The number of benzene rings is 4. The van der Waals surface area contributed by atoms with Gasteiger partial charge in [0.15, 0.2) is 11.7 Å². The fraction of sp³-hybridized carbons (Fsp3) is 0.129. The third-order valence-electron chi connectivity index (χ3n) is 7.15. The van der Waals surface area contributed by atoms with Gasteiger partial charge in [0.25, 0.3) is 5.91 Å². The average molecular weight is 522 g/mol. The van der Waals surface area contributed by atoms with Gasteiger partial charge in [0.2, 0.25) is 11.9 Å². The zero-order chi connectivity index (χ0) is 25.6. The van der Waals surface area contributed by atoms with Gasteiger partial charge in [-0.05, 0) is 48.2 Å². The minimum absolute atomic E-state index is 0. The van der Waals surface area contributed by atoms with Crippen LogP contribution < -0.4 is 10.6 Å². The number of nitrogens with zero attached hydrogens (tertiary/aromatic N) is 4. The van der Waals surface area contributed by atoms with E-state index in [4.69, 9.17) is 15.7 Å². The molecule has 1 saturated heterocycles. The van der Waals surface area contributed by atoms with E-state index in [9.17, 15) is 4.79 Å². The maximum absolute atomic E-state index is 15.0. The molecule has 0 spiro atoms. The number of amides is 1. The van der Waals surface area contributed by atoms with Crippen molar-refractivity contribution in [2.75, 3.05) is 4.90 Å². The second-order valence-corrected chi connectivity index (χ2v) is 9.42. The van der Waals surface area contributed by atoms with Gasteiger partial charge in [0, 0.05) is 0 Å². The van der Waals surface area contributed by atoms with Gasteiger partial charge in [-0.3, -0.25) is 9.69 Å². The Bertz CT molecular complexity index is 1490. The number of nitrogens with two attached hydrogens (primary N) is 1. The fourth-order valence-corrected chi connectivity index (χ4v) is 5.39. The predicted molar refractivity (Wildman–Crippen MR) is 154 cm³/mol. The second kappa shape index (κ2) is 9.80. The zero-order valence-electron chi connectivity index (χ0n) is 21.2. The Morgan fingerprint density at radius 2 is 1.32 bits per heavy atom. The Kier molecular flexibility index (Phi) is 6.51. The van der Waals surface area contributed by atoms with E-state index in [1.807, 2.05) is 115 Å². The number of guanidine groups is 2. The van der Waals surface area contributed by atoms with Crippen molar-refractivity contribution < 1.29 is 4.79 Å². The van der Waals surface area contributed by atoms with Gasteiger partial charge in [-0.2, -0.15) is 4.99 Å². The van der Waals surface area contributed by atoms with Gasteiger partial charge < -0.3 is 5.73 Å². The molecule has 4 aromatic rings. The molecule has 0 saturated carbocycles. The topological polar surface area (TPSA) is 74.3 Å². The normalized spacial score (nSPS) is 17.8. The molecule has 7 heteroatoms. The van der Waals surface area contributed by atoms with Crippen LogP contribution in [0.1, 0.15) is 34.0 Å². The molecule has 4 aromatic carbocycles. The van der Waals surface area contributed by atoms with Gasteiger partial charge in [0.05, 0.1) is 5.69 Å². The number of carbonyl (C=O) groups is 1. The van der Waals surface area contributed by atoms with E-state index in [1.54, 1.807) is 4.90 Å². The molecule has 2 N–H and O–H groups in total. The van der Waals surface area contributed by atoms with E-state index < -0.39 is 11.7 Å². The largest absolute Gasteiger partial charge is 0.368 e. The van der Waals surface area contributed by atoms with Gasteiger partial charge >= 0.3 is 0 Å². The van der Waals surface area contributed by atoms with Crippen LogP contribution >= 0.6 is 12.4 Å². The highest BCUT2D eigenvalue weighted by Gasteiger charge is 2.62. The zero-order valence-corrected chi connectivity index (χ0v) is 22.0. The minimum atomic E-state index is -1.22. The van der Waals surface area contributed by atoms with Crippen LogP contribution in [0.5, 0.6) is 0 Å². The first-order chi connectivity index (χ1) is 18.0. The quantitative estimate of drug-likeness (QED) is 0.374. The second-order valence-electron chi connectivity index (χ2n) is 9.42. The number of fused-ring (bicyclic) bond motifs is 1. The van der Waals surface area contributed by atoms with Gasteiger partial charge in [0.1, 0.15) is 0 Å². The molecule has 0 radical (unpaired) electrons. The first-order valence-electron chi connectivity index (χ1n) is 12.3. The van der Waals surface area contributed by atoms with Crippen LogP contribution in [0, 0.1) is 13.8 Å². The summed E-state index contributed by atoms with van der Waals surface area (Å²) in [6, 6.07) is 35.7. The summed E-state index contributed by atoms with van der Waals surface area (Å²) < 4.78 is 0. The van der Waals surface area contributed by atoms with E-state index in [0.717, 1.165) is 33.5 Å². The Hall–Kier alpha value is -4.42. The monoisotopic (exact) mass is 521 g/mol. The van der Waals surface area contributed by atoms with E-state index in [0.29, 0.717) is 5.96 Å². The molecule has 190 valence electrons. The smallest absolute Gasteiger partial charge is 0.269 e. The molecule has 2 aliphatic rings. The van der Waals surface area contributed by atoms with Crippen molar-refractivity contribution in [1.82, 2.24) is 4.90 Å². The van der Waals surface area contributed by atoms with Crippen LogP contribution in [0.3, 0.4) is 0 Å². The van der Waals surface area contributed by atoms with Crippen molar-refractivity contribution in [1.29, 1.82) is 0 Å². The predicted octanol–water partition coefficient (Wildman–Crippen LogP) is 5.70. The van der Waals surface area contributed by atoms with E-state index in [1.165, 1.54) is 0 Å². The van der Waals surface area contributed by atoms with Crippen molar-refractivity contribution in [3.05, 3.63) is 137 Å². The average Bonchev–Trinajstić information content (AvgIpc) is 3.18. The van der Waals surface area contributed by atoms with Crippen molar-refractivity contribution in [3.63, 3.8) is 0 Å². The first-order valence-corrected chi connectivity index (χ1v) is 12.3. The number of hydrogen-bond acceptors (Lipinski definition) is 5. The summed E-state index contributed by atoms with van der Waals surface area (Å²) in [5.41, 5.74) is 10.7. The summed E-state index contributed by atoms with van der Waals surface area (Å²) in [7, 11) is 0. The lowest BCUT2D eigenvalue weighted by molar-refractivity contribution is -0.124. The van der Waals surface area contributed by atoms with Crippen molar-refractivity contribution >= 4 is 35.9 Å². The summed E-state index contributed by atoms with van der Waals surface area (Å²) in [4.78, 5) is 28.2. The van der Waals surface area contributed by atoms with E-state index in [-0.39, 0.29) is 24.3 Å². The highest BCUT2D eigenvalue weighted by molar-refractivity contribution is 6.28. The van der Waals surface area contributed by atoms with Crippen molar-refractivity contribution in [2.24, 2.45) is 15.7 Å². The molecule has 1 amide bonds. The maximum Gasteiger partial charge on any atom is 0.269 e. The van der Waals surface area contributed by atoms with E-state index >= 15 is 0 Å². The molecule has 38 heavy (non-hydrogen) atoms. The highest BCUT2D eigenvalue weighted by atomic mass is 35.5. The number of anilines is 1. The molecule has 0 aliphatic carbocycles. The third kappa shape index (κ3) is 3.76. The Morgan fingerprint density at radius 3 is 1.89 bits per heavy atom. The molecule has 0 bridgehead atoms. The third-order valence-corrected chi connectivity index (χ3v) is 7.15. The number of aliphatic imine (C=N–C) groups is 2. The number of hydrogen-bond donors (Lipinski definition) is 1.